The first-order valence-corrected chi connectivity index (χ1v) is 8.07. The maximum Gasteiger partial charge on any atom is 0.389 e. The topological polar surface area (TPSA) is 15.3 Å². The summed E-state index contributed by atoms with van der Waals surface area (Å²) in [5.41, 5.74) is 0.167. The Hall–Kier alpha value is -0.290. The summed E-state index contributed by atoms with van der Waals surface area (Å²) in [5.74, 6) is 0.650. The quantitative estimate of drug-likeness (QED) is 0.849. The van der Waals surface area contributed by atoms with Gasteiger partial charge in [-0.2, -0.15) is 13.2 Å². The van der Waals surface area contributed by atoms with Gasteiger partial charge in [-0.15, -0.1) is 0 Å². The van der Waals surface area contributed by atoms with Crippen molar-refractivity contribution in [3.63, 3.8) is 0 Å². The van der Waals surface area contributed by atoms with Crippen molar-refractivity contribution >= 4 is 0 Å². The Labute approximate surface area is 126 Å². The van der Waals surface area contributed by atoms with Crippen LogP contribution in [-0.2, 0) is 0 Å². The predicted molar refractivity (Wildman–Crippen MR) is 79.2 cm³/mol. The van der Waals surface area contributed by atoms with E-state index in [1.54, 1.807) is 0 Å². The van der Waals surface area contributed by atoms with Crippen LogP contribution in [0, 0.1) is 11.3 Å². The maximum absolute atomic E-state index is 12.4. The smallest absolute Gasteiger partial charge is 0.310 e. The SMILES string of the molecule is CC(C)(C)C1CN(CCCC(F)(F)F)C(C)(C2CC2)CN1. The highest BCUT2D eigenvalue weighted by atomic mass is 19.4. The second-order valence-corrected chi connectivity index (χ2v) is 8.10. The van der Waals surface area contributed by atoms with E-state index < -0.39 is 12.6 Å². The highest BCUT2D eigenvalue weighted by molar-refractivity contribution is 5.06. The number of hydrogen-bond donors (Lipinski definition) is 1. The van der Waals surface area contributed by atoms with Crippen LogP contribution in [-0.4, -0.2) is 42.3 Å². The summed E-state index contributed by atoms with van der Waals surface area (Å²) in [4.78, 5) is 2.34. The van der Waals surface area contributed by atoms with Crippen LogP contribution in [0.25, 0.3) is 0 Å². The molecule has 2 aliphatic rings. The summed E-state index contributed by atoms with van der Waals surface area (Å²) in [7, 11) is 0. The van der Waals surface area contributed by atoms with Crippen molar-refractivity contribution in [3.8, 4) is 0 Å². The van der Waals surface area contributed by atoms with Crippen molar-refractivity contribution in [2.75, 3.05) is 19.6 Å². The molecule has 0 aromatic heterocycles. The Morgan fingerprint density at radius 3 is 2.29 bits per heavy atom. The Morgan fingerprint density at radius 1 is 1.19 bits per heavy atom. The average Bonchev–Trinajstić information content (AvgIpc) is 3.12. The van der Waals surface area contributed by atoms with Gasteiger partial charge in [0.1, 0.15) is 0 Å². The second kappa shape index (κ2) is 5.73. The van der Waals surface area contributed by atoms with E-state index in [9.17, 15) is 13.2 Å². The molecule has 2 unspecified atom stereocenters. The van der Waals surface area contributed by atoms with Gasteiger partial charge in [-0.25, -0.2) is 0 Å². The van der Waals surface area contributed by atoms with Crippen molar-refractivity contribution in [2.45, 2.75) is 71.1 Å². The Kier molecular flexibility index (Phi) is 4.66. The number of halogens is 3. The van der Waals surface area contributed by atoms with E-state index in [0.29, 0.717) is 18.5 Å². The molecule has 5 heteroatoms. The first-order chi connectivity index (χ1) is 9.52. The van der Waals surface area contributed by atoms with Gasteiger partial charge in [0, 0.05) is 31.1 Å². The molecular weight excluding hydrogens is 277 g/mol. The van der Waals surface area contributed by atoms with Crippen LogP contribution >= 0.6 is 0 Å². The third-order valence-corrected chi connectivity index (χ3v) is 5.22. The van der Waals surface area contributed by atoms with Crippen molar-refractivity contribution in [1.82, 2.24) is 10.2 Å². The van der Waals surface area contributed by atoms with Crippen LogP contribution in [0.2, 0.25) is 0 Å². The Balaban J connectivity index is 1.99. The molecule has 0 spiro atoms. The minimum Gasteiger partial charge on any atom is -0.310 e. The number of rotatable bonds is 4. The normalized spacial score (nSPS) is 32.4. The molecule has 1 aliphatic carbocycles. The lowest BCUT2D eigenvalue weighted by Crippen LogP contribution is -2.67. The van der Waals surface area contributed by atoms with E-state index in [2.05, 4.69) is 37.9 Å². The molecule has 0 aromatic rings. The van der Waals surface area contributed by atoms with E-state index in [0.717, 1.165) is 13.1 Å². The zero-order chi connectivity index (χ0) is 15.9. The van der Waals surface area contributed by atoms with Crippen LogP contribution in [0.4, 0.5) is 13.2 Å². The van der Waals surface area contributed by atoms with Gasteiger partial charge in [0.05, 0.1) is 0 Å². The molecule has 1 saturated heterocycles. The van der Waals surface area contributed by atoms with Gasteiger partial charge in [0.15, 0.2) is 0 Å². The molecule has 124 valence electrons. The molecule has 0 aromatic carbocycles. The zero-order valence-corrected chi connectivity index (χ0v) is 13.7. The molecule has 2 fully saturated rings. The largest absolute Gasteiger partial charge is 0.389 e. The number of nitrogens with zero attached hydrogens (tertiary/aromatic N) is 1. The highest BCUT2D eigenvalue weighted by Gasteiger charge is 2.49. The molecule has 0 bridgehead atoms. The summed E-state index contributed by atoms with van der Waals surface area (Å²) in [5, 5.41) is 3.64. The summed E-state index contributed by atoms with van der Waals surface area (Å²) in [6.45, 7) is 11.1. The third kappa shape index (κ3) is 4.35. The predicted octanol–water partition coefficient (Wildman–Crippen LogP) is 3.82. The van der Waals surface area contributed by atoms with Crippen LogP contribution in [0.3, 0.4) is 0 Å². The highest BCUT2D eigenvalue weighted by Crippen LogP contribution is 2.45. The van der Waals surface area contributed by atoms with Gasteiger partial charge in [-0.1, -0.05) is 20.8 Å². The molecule has 1 saturated carbocycles. The van der Waals surface area contributed by atoms with Gasteiger partial charge in [0.2, 0.25) is 0 Å². The fourth-order valence-corrected chi connectivity index (χ4v) is 3.44. The van der Waals surface area contributed by atoms with Gasteiger partial charge < -0.3 is 5.32 Å². The maximum atomic E-state index is 12.4. The second-order valence-electron chi connectivity index (χ2n) is 8.10. The van der Waals surface area contributed by atoms with Crippen molar-refractivity contribution < 1.29 is 13.2 Å². The molecule has 2 atom stereocenters. The molecule has 0 amide bonds. The van der Waals surface area contributed by atoms with Crippen LogP contribution < -0.4 is 5.32 Å². The van der Waals surface area contributed by atoms with Crippen LogP contribution in [0.5, 0.6) is 0 Å². The average molecular weight is 306 g/mol. The van der Waals surface area contributed by atoms with Gasteiger partial charge in [0.25, 0.3) is 0 Å². The summed E-state index contributed by atoms with van der Waals surface area (Å²) < 4.78 is 37.2. The minimum atomic E-state index is -4.03. The fraction of sp³-hybridized carbons (Fsp3) is 1.00. The van der Waals surface area contributed by atoms with Gasteiger partial charge >= 0.3 is 6.18 Å². The monoisotopic (exact) mass is 306 g/mol. The van der Waals surface area contributed by atoms with Crippen molar-refractivity contribution in [3.05, 3.63) is 0 Å². The van der Waals surface area contributed by atoms with Crippen LogP contribution in [0.15, 0.2) is 0 Å². The molecule has 1 aliphatic heterocycles. The first-order valence-electron chi connectivity index (χ1n) is 8.07. The molecule has 2 nitrogen and oxygen atoms in total. The third-order valence-electron chi connectivity index (χ3n) is 5.22. The van der Waals surface area contributed by atoms with E-state index in [-0.39, 0.29) is 17.4 Å². The van der Waals surface area contributed by atoms with Crippen LogP contribution in [0.1, 0.15) is 53.4 Å². The van der Waals surface area contributed by atoms with Gasteiger partial charge in [-0.3, -0.25) is 4.90 Å². The zero-order valence-electron chi connectivity index (χ0n) is 13.7. The summed E-state index contributed by atoms with van der Waals surface area (Å²) >= 11 is 0. The number of hydrogen-bond acceptors (Lipinski definition) is 2. The molecule has 1 N–H and O–H groups in total. The molecule has 0 radical (unpaired) electrons. The minimum absolute atomic E-state index is 0.0351. The lowest BCUT2D eigenvalue weighted by molar-refractivity contribution is -0.137. The number of alkyl halides is 3. The van der Waals surface area contributed by atoms with Crippen molar-refractivity contribution in [1.29, 1.82) is 0 Å². The standard InChI is InChI=1S/C16H29F3N2/c1-14(2,3)13-10-21(9-5-8-16(17,18)19)15(4,11-20-13)12-6-7-12/h12-13,20H,5-11H2,1-4H3. The lowest BCUT2D eigenvalue weighted by Gasteiger charge is -2.51. The summed E-state index contributed by atoms with van der Waals surface area (Å²) in [6.07, 6.45) is -2.06. The number of piperazine rings is 1. The van der Waals surface area contributed by atoms with E-state index in [4.69, 9.17) is 0 Å². The lowest BCUT2D eigenvalue weighted by atomic mass is 9.81. The van der Waals surface area contributed by atoms with Gasteiger partial charge in [-0.05, 0) is 44.1 Å². The first kappa shape index (κ1) is 17.1. The Morgan fingerprint density at radius 2 is 1.81 bits per heavy atom. The van der Waals surface area contributed by atoms with E-state index in [1.165, 1.54) is 12.8 Å². The molecule has 2 rings (SSSR count). The molecular formula is C16H29F3N2. The molecule has 1 heterocycles. The molecule has 21 heavy (non-hydrogen) atoms. The number of nitrogens with one attached hydrogen (secondary N) is 1. The van der Waals surface area contributed by atoms with E-state index in [1.807, 2.05) is 0 Å². The van der Waals surface area contributed by atoms with E-state index >= 15 is 0 Å². The Bertz CT molecular complexity index is 358. The fourth-order valence-electron chi connectivity index (χ4n) is 3.44. The summed E-state index contributed by atoms with van der Waals surface area (Å²) in [6, 6.07) is 0.343. The van der Waals surface area contributed by atoms with Crippen molar-refractivity contribution in [2.24, 2.45) is 11.3 Å².